The number of benzene rings is 2. The molecule has 0 aliphatic carbocycles. The number of fused-ring (bicyclic) bond motifs is 5. The Morgan fingerprint density at radius 3 is 2.44 bits per heavy atom. The maximum Gasteiger partial charge on any atom is 0.305 e. The van der Waals surface area contributed by atoms with Gasteiger partial charge in [-0.25, -0.2) is 4.68 Å². The fourth-order valence-electron chi connectivity index (χ4n) is 5.19. The number of ether oxygens (including phenoxy) is 2. The molecular formula is C33H41N4O5W-. The topological polar surface area (TPSA) is 104 Å². The third-order valence-electron chi connectivity index (χ3n) is 7.40. The molecule has 0 saturated carbocycles. The van der Waals surface area contributed by atoms with Crippen LogP contribution in [0.4, 0.5) is 5.69 Å². The third-order valence-corrected chi connectivity index (χ3v) is 7.40. The predicted octanol–water partition coefficient (Wildman–Crippen LogP) is 5.95. The van der Waals surface area contributed by atoms with E-state index < -0.39 is 0 Å². The van der Waals surface area contributed by atoms with E-state index in [1.807, 2.05) is 48.5 Å². The summed E-state index contributed by atoms with van der Waals surface area (Å²) < 4.78 is 12.5. The second-order valence-electron chi connectivity index (χ2n) is 10.4. The summed E-state index contributed by atoms with van der Waals surface area (Å²) in [5.74, 6) is -0.166. The monoisotopic (exact) mass is 757 g/mol. The summed E-state index contributed by atoms with van der Waals surface area (Å²) in [6.07, 6.45) is 5.93. The minimum atomic E-state index is -0.192. The zero-order chi connectivity index (χ0) is 29.7. The van der Waals surface area contributed by atoms with E-state index in [0.717, 1.165) is 53.8 Å². The van der Waals surface area contributed by atoms with Crippen molar-refractivity contribution < 1.29 is 44.9 Å². The molecule has 0 fully saturated rings. The summed E-state index contributed by atoms with van der Waals surface area (Å²) in [5.41, 5.74) is 4.94. The maximum atomic E-state index is 13.6. The molecule has 9 nitrogen and oxygen atoms in total. The number of unbranched alkanes of at least 4 members (excludes halogenated alkanes) is 3. The molecule has 2 heterocycles. The first-order chi connectivity index (χ1) is 20.5. The smallest absolute Gasteiger partial charge is 0.305 e. The minimum Gasteiger partial charge on any atom is -0.464 e. The standard InChI is InChI=1S/C33H41N4O5.W/c1-3-5-6-7-19-31(40)42-23-21-37-33-27-15-9-8-13-25(27)24-36(29-17-11-10-16-28(29)32(33)34-35-37)30(39)18-12-14-26(38)20-22-41-4-2;/h8-11,13,15-17H,2-7,12,14,18-24H2,1H3;/q-1;. The number of aromatic nitrogens is 3. The van der Waals surface area contributed by atoms with Gasteiger partial charge in [0.25, 0.3) is 0 Å². The van der Waals surface area contributed by atoms with Crippen molar-refractivity contribution >= 4 is 23.3 Å². The van der Waals surface area contributed by atoms with Crippen molar-refractivity contribution in [2.24, 2.45) is 0 Å². The maximum absolute atomic E-state index is 13.6. The van der Waals surface area contributed by atoms with Crippen LogP contribution in [0.5, 0.6) is 0 Å². The summed E-state index contributed by atoms with van der Waals surface area (Å²) >= 11 is 0. The van der Waals surface area contributed by atoms with Gasteiger partial charge >= 0.3 is 5.97 Å². The molecule has 0 saturated heterocycles. The fraction of sp³-hybridized carbons (Fsp3) is 0.455. The average molecular weight is 758 g/mol. The van der Waals surface area contributed by atoms with Gasteiger partial charge in [0.05, 0.1) is 24.5 Å². The van der Waals surface area contributed by atoms with E-state index in [2.05, 4.69) is 24.2 Å². The molecule has 0 unspecified atom stereocenters. The normalized spacial score (nSPS) is 11.8. The number of hydrogen-bond donors (Lipinski definition) is 0. The van der Waals surface area contributed by atoms with Gasteiger partial charge < -0.3 is 21.3 Å². The van der Waals surface area contributed by atoms with Crippen molar-refractivity contribution in [1.29, 1.82) is 0 Å². The van der Waals surface area contributed by atoms with Gasteiger partial charge in [-0.05, 0) is 24.5 Å². The van der Waals surface area contributed by atoms with E-state index in [0.29, 0.717) is 57.7 Å². The number of carbonyl (C=O) groups excluding carboxylic acids is 3. The van der Waals surface area contributed by atoms with Crippen LogP contribution in [0, 0.1) is 6.92 Å². The number of nitrogens with zero attached hydrogens (tertiary/aromatic N) is 4. The van der Waals surface area contributed by atoms with E-state index in [1.165, 1.54) is 0 Å². The van der Waals surface area contributed by atoms with Crippen LogP contribution in [0.1, 0.15) is 70.3 Å². The molecule has 43 heavy (non-hydrogen) atoms. The van der Waals surface area contributed by atoms with Crippen LogP contribution in [0.2, 0.25) is 0 Å². The Balaban J connectivity index is 0.00000506. The largest absolute Gasteiger partial charge is 0.464 e. The first-order valence-electron chi connectivity index (χ1n) is 15.0. The summed E-state index contributed by atoms with van der Waals surface area (Å²) in [7, 11) is 0. The Morgan fingerprint density at radius 1 is 0.884 bits per heavy atom. The zero-order valence-corrected chi connectivity index (χ0v) is 27.9. The summed E-state index contributed by atoms with van der Waals surface area (Å²) in [6.45, 7) is 7.39. The molecule has 1 amide bonds. The second kappa shape index (κ2) is 17.8. The van der Waals surface area contributed by atoms with Crippen LogP contribution in [-0.2, 0) is 58.0 Å². The zero-order valence-electron chi connectivity index (χ0n) is 25.0. The molecule has 0 N–H and O–H groups in total. The van der Waals surface area contributed by atoms with Crippen molar-refractivity contribution in [3.8, 4) is 22.5 Å². The van der Waals surface area contributed by atoms with Gasteiger partial charge in [0, 0.05) is 64.5 Å². The molecule has 0 spiro atoms. The fourth-order valence-corrected chi connectivity index (χ4v) is 5.19. The Labute approximate surface area is 268 Å². The number of amides is 1. The Kier molecular flexibility index (Phi) is 14.2. The van der Waals surface area contributed by atoms with E-state index >= 15 is 0 Å². The Morgan fingerprint density at radius 2 is 1.65 bits per heavy atom. The van der Waals surface area contributed by atoms with Crippen LogP contribution in [0.3, 0.4) is 0 Å². The molecular weight excluding hydrogens is 716 g/mol. The number of carbonyl (C=O) groups is 3. The molecule has 1 aliphatic heterocycles. The average Bonchev–Trinajstić information content (AvgIpc) is 3.40. The summed E-state index contributed by atoms with van der Waals surface area (Å²) in [4.78, 5) is 39.8. The molecule has 0 bridgehead atoms. The van der Waals surface area contributed by atoms with E-state index in [9.17, 15) is 14.4 Å². The first-order valence-corrected chi connectivity index (χ1v) is 15.0. The number of rotatable bonds is 16. The molecule has 3 aromatic rings. The SMILES string of the molecule is [CH2-]COCCC(=O)CCCC(=O)N1Cc2ccccc2-c2c(nnn2CCOC(=O)CCCCCC)-c2ccccc21.[W]. The van der Waals surface area contributed by atoms with Crippen LogP contribution in [-0.4, -0.2) is 52.5 Å². The van der Waals surface area contributed by atoms with Gasteiger partial charge in [0.1, 0.15) is 18.1 Å². The number of para-hydroxylation sites is 1. The van der Waals surface area contributed by atoms with Gasteiger partial charge in [-0.15, -0.1) is 5.10 Å². The van der Waals surface area contributed by atoms with Crippen LogP contribution in [0.25, 0.3) is 22.5 Å². The Bertz CT molecular complexity index is 1360. The van der Waals surface area contributed by atoms with Gasteiger partial charge in [-0.2, -0.15) is 0 Å². The summed E-state index contributed by atoms with van der Waals surface area (Å²) in [5, 5.41) is 9.01. The first kappa shape index (κ1) is 34.3. The van der Waals surface area contributed by atoms with Crippen LogP contribution in [0.15, 0.2) is 48.5 Å². The summed E-state index contributed by atoms with van der Waals surface area (Å²) in [6, 6.07) is 15.6. The van der Waals surface area contributed by atoms with Crippen LogP contribution < -0.4 is 4.90 Å². The van der Waals surface area contributed by atoms with Crippen molar-refractivity contribution in [2.75, 3.05) is 24.7 Å². The minimum absolute atomic E-state index is 0. The van der Waals surface area contributed by atoms with Crippen molar-refractivity contribution in [3.63, 3.8) is 0 Å². The predicted molar refractivity (Wildman–Crippen MR) is 161 cm³/mol. The number of esters is 1. The molecule has 2 aromatic carbocycles. The molecule has 0 atom stereocenters. The number of anilines is 1. The number of hydrogen-bond acceptors (Lipinski definition) is 7. The van der Waals surface area contributed by atoms with E-state index in [1.54, 1.807) is 9.58 Å². The number of ketones is 1. The van der Waals surface area contributed by atoms with Crippen LogP contribution >= 0.6 is 0 Å². The molecule has 0 radical (unpaired) electrons. The van der Waals surface area contributed by atoms with Crippen molar-refractivity contribution in [3.05, 3.63) is 61.0 Å². The second-order valence-corrected chi connectivity index (χ2v) is 10.4. The molecule has 1 aliphatic rings. The molecule has 4 rings (SSSR count). The van der Waals surface area contributed by atoms with Crippen molar-refractivity contribution in [1.82, 2.24) is 15.0 Å². The van der Waals surface area contributed by atoms with Gasteiger partial charge in [0.15, 0.2) is 0 Å². The number of Topliss-reactive ketones (excluding diaryl/α,β-unsaturated/α-hetero) is 1. The van der Waals surface area contributed by atoms with Gasteiger partial charge in [-0.1, -0.05) is 80.5 Å². The molecule has 1 aromatic heterocycles. The quantitative estimate of drug-likeness (QED) is 0.101. The molecule has 230 valence electrons. The molecule has 10 heteroatoms. The third kappa shape index (κ3) is 9.41. The van der Waals surface area contributed by atoms with E-state index in [-0.39, 0.29) is 51.8 Å². The van der Waals surface area contributed by atoms with Crippen molar-refractivity contribution in [2.45, 2.75) is 77.8 Å². The van der Waals surface area contributed by atoms with Gasteiger partial charge in [0.2, 0.25) is 5.91 Å². The Hall–Kier alpha value is -3.16. The van der Waals surface area contributed by atoms with Gasteiger partial charge in [-0.3, -0.25) is 14.4 Å². The van der Waals surface area contributed by atoms with E-state index in [4.69, 9.17) is 9.47 Å².